The molecule has 0 saturated heterocycles. The van der Waals surface area contributed by atoms with Gasteiger partial charge in [0.2, 0.25) is 0 Å². The first kappa shape index (κ1) is 17.6. The standard InChI is InChI=1S/C19H18FN3O3/c1-23(19(24)14-8-4-6-10-16(14)25-2)12-11-17-21-18(26-22-17)13-7-3-5-9-15(13)20/h3-10H,11-12H2,1-2H3. The van der Waals surface area contributed by atoms with E-state index in [1.165, 1.54) is 13.2 Å². The topological polar surface area (TPSA) is 68.5 Å². The molecule has 0 aliphatic carbocycles. The molecule has 0 aliphatic heterocycles. The van der Waals surface area contributed by atoms with Gasteiger partial charge < -0.3 is 14.2 Å². The maximum Gasteiger partial charge on any atom is 0.260 e. The molecule has 0 bridgehead atoms. The molecule has 3 aromatic rings. The Bertz CT molecular complexity index is 910. The number of carbonyl (C=O) groups is 1. The molecule has 1 heterocycles. The third-order valence-corrected chi connectivity index (χ3v) is 3.93. The fraction of sp³-hybridized carbons (Fsp3) is 0.211. The molecule has 0 saturated carbocycles. The minimum atomic E-state index is -0.425. The van der Waals surface area contributed by atoms with Crippen molar-refractivity contribution in [2.24, 2.45) is 0 Å². The highest BCUT2D eigenvalue weighted by Gasteiger charge is 2.17. The van der Waals surface area contributed by atoms with Crippen LogP contribution in [0.1, 0.15) is 16.2 Å². The Balaban J connectivity index is 1.66. The summed E-state index contributed by atoms with van der Waals surface area (Å²) in [5.74, 6) is 0.455. The van der Waals surface area contributed by atoms with Gasteiger partial charge in [0.25, 0.3) is 11.8 Å². The van der Waals surface area contributed by atoms with Crippen LogP contribution in [0.15, 0.2) is 53.1 Å². The van der Waals surface area contributed by atoms with Crippen LogP contribution in [0.25, 0.3) is 11.5 Å². The Labute approximate surface area is 150 Å². The van der Waals surface area contributed by atoms with Gasteiger partial charge in [-0.3, -0.25) is 4.79 Å². The maximum atomic E-state index is 13.8. The van der Waals surface area contributed by atoms with Crippen LogP contribution in [0.5, 0.6) is 5.75 Å². The van der Waals surface area contributed by atoms with Gasteiger partial charge in [-0.1, -0.05) is 29.4 Å². The van der Waals surface area contributed by atoms with Crippen molar-refractivity contribution in [2.45, 2.75) is 6.42 Å². The Morgan fingerprint density at radius 2 is 1.92 bits per heavy atom. The van der Waals surface area contributed by atoms with Crippen molar-refractivity contribution in [1.82, 2.24) is 15.0 Å². The highest BCUT2D eigenvalue weighted by Crippen LogP contribution is 2.21. The van der Waals surface area contributed by atoms with Gasteiger partial charge in [0, 0.05) is 20.0 Å². The van der Waals surface area contributed by atoms with Crippen LogP contribution in [-0.4, -0.2) is 41.6 Å². The van der Waals surface area contributed by atoms with E-state index >= 15 is 0 Å². The van der Waals surface area contributed by atoms with Crippen molar-refractivity contribution in [1.29, 1.82) is 0 Å². The summed E-state index contributed by atoms with van der Waals surface area (Å²) in [5, 5.41) is 3.86. The van der Waals surface area contributed by atoms with Crippen LogP contribution in [-0.2, 0) is 6.42 Å². The van der Waals surface area contributed by atoms with Crippen molar-refractivity contribution in [3.63, 3.8) is 0 Å². The second-order valence-corrected chi connectivity index (χ2v) is 5.67. The number of rotatable bonds is 6. The number of carbonyl (C=O) groups excluding carboxylic acids is 1. The summed E-state index contributed by atoms with van der Waals surface area (Å²) in [5.41, 5.74) is 0.738. The number of hydrogen-bond acceptors (Lipinski definition) is 5. The second kappa shape index (κ2) is 7.77. The molecule has 0 spiro atoms. The molecular formula is C19H18FN3O3. The number of halogens is 1. The molecule has 0 fully saturated rings. The number of hydrogen-bond donors (Lipinski definition) is 0. The highest BCUT2D eigenvalue weighted by molar-refractivity contribution is 5.96. The Morgan fingerprint density at radius 3 is 2.69 bits per heavy atom. The van der Waals surface area contributed by atoms with Crippen LogP contribution < -0.4 is 4.74 Å². The molecule has 0 N–H and O–H groups in total. The SMILES string of the molecule is COc1ccccc1C(=O)N(C)CCc1noc(-c2ccccc2F)n1. The number of methoxy groups -OCH3 is 1. The zero-order valence-corrected chi connectivity index (χ0v) is 14.5. The van der Waals surface area contributed by atoms with Crippen LogP contribution in [0.3, 0.4) is 0 Å². The Morgan fingerprint density at radius 1 is 1.19 bits per heavy atom. The van der Waals surface area contributed by atoms with E-state index in [0.717, 1.165) is 0 Å². The molecule has 0 aliphatic rings. The van der Waals surface area contributed by atoms with E-state index in [0.29, 0.717) is 30.1 Å². The summed E-state index contributed by atoms with van der Waals surface area (Å²) in [7, 11) is 3.21. The zero-order chi connectivity index (χ0) is 18.5. The normalized spacial score (nSPS) is 10.6. The van der Waals surface area contributed by atoms with Gasteiger partial charge in [0.1, 0.15) is 11.6 Å². The van der Waals surface area contributed by atoms with E-state index < -0.39 is 5.82 Å². The van der Waals surface area contributed by atoms with E-state index in [9.17, 15) is 9.18 Å². The summed E-state index contributed by atoms with van der Waals surface area (Å²) < 4.78 is 24.1. The summed E-state index contributed by atoms with van der Waals surface area (Å²) >= 11 is 0. The third-order valence-electron chi connectivity index (χ3n) is 3.93. The summed E-state index contributed by atoms with van der Waals surface area (Å²) in [6, 6.07) is 13.2. The quantitative estimate of drug-likeness (QED) is 0.679. The first-order chi connectivity index (χ1) is 12.6. The minimum Gasteiger partial charge on any atom is -0.496 e. The number of benzene rings is 2. The van der Waals surface area contributed by atoms with Crippen molar-refractivity contribution < 1.29 is 18.4 Å². The van der Waals surface area contributed by atoms with Gasteiger partial charge in [0.05, 0.1) is 18.2 Å². The summed E-state index contributed by atoms with van der Waals surface area (Å²) in [6.45, 7) is 0.382. The van der Waals surface area contributed by atoms with Gasteiger partial charge in [-0.2, -0.15) is 4.98 Å². The molecular weight excluding hydrogens is 337 g/mol. The molecule has 134 valence electrons. The molecule has 26 heavy (non-hydrogen) atoms. The third kappa shape index (κ3) is 3.72. The molecule has 6 nitrogen and oxygen atoms in total. The number of nitrogens with zero attached hydrogens (tertiary/aromatic N) is 3. The largest absolute Gasteiger partial charge is 0.496 e. The number of aromatic nitrogens is 2. The van der Waals surface area contributed by atoms with Crippen LogP contribution in [0.2, 0.25) is 0 Å². The monoisotopic (exact) mass is 355 g/mol. The van der Waals surface area contributed by atoms with Crippen molar-refractivity contribution in [3.05, 3.63) is 65.7 Å². The van der Waals surface area contributed by atoms with Crippen LogP contribution >= 0.6 is 0 Å². The predicted octanol–water partition coefficient (Wildman–Crippen LogP) is 3.20. The fourth-order valence-electron chi connectivity index (χ4n) is 2.50. The summed E-state index contributed by atoms with van der Waals surface area (Å²) in [4.78, 5) is 18.3. The average molecular weight is 355 g/mol. The average Bonchev–Trinajstić information content (AvgIpc) is 3.14. The van der Waals surface area contributed by atoms with Gasteiger partial charge in [-0.15, -0.1) is 0 Å². The lowest BCUT2D eigenvalue weighted by atomic mass is 10.1. The number of ether oxygens (including phenoxy) is 1. The van der Waals surface area contributed by atoms with E-state index in [-0.39, 0.29) is 17.4 Å². The highest BCUT2D eigenvalue weighted by atomic mass is 19.1. The fourth-order valence-corrected chi connectivity index (χ4v) is 2.50. The Hall–Kier alpha value is -3.22. The van der Waals surface area contributed by atoms with E-state index in [1.54, 1.807) is 54.4 Å². The van der Waals surface area contributed by atoms with Gasteiger partial charge in [-0.25, -0.2) is 4.39 Å². The van der Waals surface area contributed by atoms with E-state index in [1.807, 2.05) is 0 Å². The lowest BCUT2D eigenvalue weighted by Gasteiger charge is -2.17. The number of likely N-dealkylation sites (N-methyl/N-ethyl adjacent to an activating group) is 1. The van der Waals surface area contributed by atoms with Gasteiger partial charge in [-0.05, 0) is 24.3 Å². The number of para-hydroxylation sites is 1. The van der Waals surface area contributed by atoms with Crippen molar-refractivity contribution >= 4 is 5.91 Å². The van der Waals surface area contributed by atoms with Crippen molar-refractivity contribution in [3.8, 4) is 17.2 Å². The molecule has 3 rings (SSSR count). The lowest BCUT2D eigenvalue weighted by Crippen LogP contribution is -2.29. The minimum absolute atomic E-state index is 0.122. The molecule has 0 radical (unpaired) electrons. The molecule has 1 amide bonds. The predicted molar refractivity (Wildman–Crippen MR) is 93.4 cm³/mol. The molecule has 7 heteroatoms. The van der Waals surface area contributed by atoms with Crippen molar-refractivity contribution in [2.75, 3.05) is 20.7 Å². The molecule has 0 atom stereocenters. The van der Waals surface area contributed by atoms with Gasteiger partial charge >= 0.3 is 0 Å². The first-order valence-corrected chi connectivity index (χ1v) is 8.06. The Kier molecular flexibility index (Phi) is 5.26. The molecule has 1 aromatic heterocycles. The number of amides is 1. The lowest BCUT2D eigenvalue weighted by molar-refractivity contribution is 0.0792. The molecule has 0 unspecified atom stereocenters. The maximum absolute atomic E-state index is 13.8. The summed E-state index contributed by atoms with van der Waals surface area (Å²) in [6.07, 6.45) is 0.384. The zero-order valence-electron chi connectivity index (χ0n) is 14.5. The van der Waals surface area contributed by atoms with E-state index in [2.05, 4.69) is 10.1 Å². The van der Waals surface area contributed by atoms with Gasteiger partial charge in [0.15, 0.2) is 5.82 Å². The smallest absolute Gasteiger partial charge is 0.260 e. The second-order valence-electron chi connectivity index (χ2n) is 5.67. The van der Waals surface area contributed by atoms with E-state index in [4.69, 9.17) is 9.26 Å². The molecule has 2 aromatic carbocycles. The van der Waals surface area contributed by atoms with Crippen LogP contribution in [0.4, 0.5) is 4.39 Å². The first-order valence-electron chi connectivity index (χ1n) is 8.06. The van der Waals surface area contributed by atoms with Crippen LogP contribution in [0, 0.1) is 5.82 Å².